The van der Waals surface area contributed by atoms with Crippen molar-refractivity contribution in [3.63, 3.8) is 0 Å². The van der Waals surface area contributed by atoms with E-state index >= 15 is 0 Å². The van der Waals surface area contributed by atoms with Gasteiger partial charge in [-0.2, -0.15) is 0 Å². The highest BCUT2D eigenvalue weighted by Crippen LogP contribution is 2.29. The van der Waals surface area contributed by atoms with E-state index in [1.54, 1.807) is 0 Å². The van der Waals surface area contributed by atoms with E-state index in [1.165, 1.54) is 23.1 Å². The first kappa shape index (κ1) is 31.9. The van der Waals surface area contributed by atoms with Gasteiger partial charge in [0.1, 0.15) is 12.6 Å². The second kappa shape index (κ2) is 14.4. The molecule has 1 atom stereocenters. The highest BCUT2D eigenvalue weighted by atomic mass is 35.5. The Morgan fingerprint density at radius 2 is 1.57 bits per heavy atom. The maximum Gasteiger partial charge on any atom is 0.244 e. The van der Waals surface area contributed by atoms with Crippen LogP contribution in [0.15, 0.2) is 72.8 Å². The van der Waals surface area contributed by atoms with Crippen molar-refractivity contribution in [1.29, 1.82) is 0 Å². The average molecular weight is 631 g/mol. The highest BCUT2D eigenvalue weighted by molar-refractivity contribution is 7.92. The Morgan fingerprint density at radius 1 is 0.905 bits per heavy atom. The zero-order valence-electron chi connectivity index (χ0n) is 23.9. The molecule has 3 aromatic carbocycles. The van der Waals surface area contributed by atoms with Gasteiger partial charge in [0.15, 0.2) is 0 Å². The van der Waals surface area contributed by atoms with Gasteiger partial charge in [-0.05, 0) is 49.1 Å². The molecule has 1 aliphatic rings. The standard InChI is InChI=1S/C32H37Cl2N3O4S/c1-23-13-15-25(16-14-23)21-36(31(38)22-37(42(2,40)41)27-17-18-28(33)29(34)20-27)30(19-24-9-5-3-6-10-24)32(39)35-26-11-7-4-8-12-26/h3,5-6,9-10,13-18,20,26,30H,4,7-8,11-12,19,21-22H2,1-2H3,(H,35,39)/t30-/m1/s1. The van der Waals surface area contributed by atoms with Gasteiger partial charge in [-0.3, -0.25) is 13.9 Å². The zero-order chi connectivity index (χ0) is 30.3. The monoisotopic (exact) mass is 629 g/mol. The summed E-state index contributed by atoms with van der Waals surface area (Å²) in [6, 6.07) is 20.9. The van der Waals surface area contributed by atoms with E-state index in [-0.39, 0.29) is 40.6 Å². The molecule has 4 rings (SSSR count). The van der Waals surface area contributed by atoms with Crippen LogP contribution in [0.1, 0.15) is 48.8 Å². The van der Waals surface area contributed by atoms with Crippen LogP contribution in [0.4, 0.5) is 5.69 Å². The van der Waals surface area contributed by atoms with Gasteiger partial charge >= 0.3 is 0 Å². The summed E-state index contributed by atoms with van der Waals surface area (Å²) in [6.07, 6.45) is 6.35. The Hall–Kier alpha value is -3.07. The summed E-state index contributed by atoms with van der Waals surface area (Å²) in [4.78, 5) is 29.7. The molecule has 0 bridgehead atoms. The number of halogens is 2. The van der Waals surface area contributed by atoms with Gasteiger partial charge in [0.05, 0.1) is 22.0 Å². The number of rotatable bonds is 11. The van der Waals surface area contributed by atoms with Crippen LogP contribution in [0.2, 0.25) is 10.0 Å². The minimum atomic E-state index is -3.90. The maximum atomic E-state index is 14.2. The topological polar surface area (TPSA) is 86.8 Å². The second-order valence-electron chi connectivity index (χ2n) is 10.9. The van der Waals surface area contributed by atoms with E-state index in [2.05, 4.69) is 5.32 Å². The molecule has 0 spiro atoms. The van der Waals surface area contributed by atoms with Crippen molar-refractivity contribution >= 4 is 50.7 Å². The van der Waals surface area contributed by atoms with E-state index < -0.39 is 28.5 Å². The Morgan fingerprint density at radius 3 is 2.19 bits per heavy atom. The predicted octanol–water partition coefficient (Wildman–Crippen LogP) is 6.16. The molecule has 0 unspecified atom stereocenters. The zero-order valence-corrected chi connectivity index (χ0v) is 26.3. The number of aryl methyl sites for hydroxylation is 1. The molecular formula is C32H37Cl2N3O4S. The molecular weight excluding hydrogens is 593 g/mol. The molecule has 0 aliphatic heterocycles. The van der Waals surface area contributed by atoms with Crippen molar-refractivity contribution in [3.05, 3.63) is 99.5 Å². The molecule has 3 aromatic rings. The Labute approximate surface area is 258 Å². The fourth-order valence-corrected chi connectivity index (χ4v) is 6.38. The van der Waals surface area contributed by atoms with Crippen LogP contribution in [0.3, 0.4) is 0 Å². The van der Waals surface area contributed by atoms with Gasteiger partial charge < -0.3 is 10.2 Å². The molecule has 1 fully saturated rings. The van der Waals surface area contributed by atoms with Gasteiger partial charge in [0.2, 0.25) is 21.8 Å². The first-order valence-corrected chi connectivity index (χ1v) is 16.7. The van der Waals surface area contributed by atoms with Crippen molar-refractivity contribution in [2.75, 3.05) is 17.1 Å². The number of sulfonamides is 1. The minimum Gasteiger partial charge on any atom is -0.352 e. The summed E-state index contributed by atoms with van der Waals surface area (Å²) in [5.74, 6) is -0.751. The lowest BCUT2D eigenvalue weighted by atomic mass is 9.94. The molecule has 0 saturated heterocycles. The minimum absolute atomic E-state index is 0.0459. The summed E-state index contributed by atoms with van der Waals surface area (Å²) in [6.45, 7) is 1.60. The summed E-state index contributed by atoms with van der Waals surface area (Å²) in [7, 11) is -3.90. The summed E-state index contributed by atoms with van der Waals surface area (Å²) in [5, 5.41) is 3.64. The van der Waals surface area contributed by atoms with Gasteiger partial charge in [-0.1, -0.05) is 103 Å². The molecule has 2 amide bonds. The van der Waals surface area contributed by atoms with E-state index in [0.717, 1.165) is 59.4 Å². The molecule has 1 saturated carbocycles. The fourth-order valence-electron chi connectivity index (χ4n) is 5.24. The van der Waals surface area contributed by atoms with Crippen molar-refractivity contribution in [2.45, 2.75) is 64.1 Å². The third kappa shape index (κ3) is 8.72. The smallest absolute Gasteiger partial charge is 0.244 e. The molecule has 10 heteroatoms. The van der Waals surface area contributed by atoms with Crippen LogP contribution in [0, 0.1) is 6.92 Å². The number of nitrogens with zero attached hydrogens (tertiary/aromatic N) is 2. The van der Waals surface area contributed by atoms with Crippen LogP contribution < -0.4 is 9.62 Å². The second-order valence-corrected chi connectivity index (χ2v) is 13.6. The summed E-state index contributed by atoms with van der Waals surface area (Å²) in [5.41, 5.74) is 3.00. The molecule has 0 radical (unpaired) electrons. The lowest BCUT2D eigenvalue weighted by Crippen LogP contribution is -2.55. The summed E-state index contributed by atoms with van der Waals surface area (Å²) >= 11 is 12.3. The number of nitrogens with one attached hydrogen (secondary N) is 1. The van der Waals surface area contributed by atoms with Crippen LogP contribution in [0.5, 0.6) is 0 Å². The van der Waals surface area contributed by atoms with E-state index in [1.807, 2.05) is 61.5 Å². The molecule has 0 heterocycles. The lowest BCUT2D eigenvalue weighted by molar-refractivity contribution is -0.140. The molecule has 0 aromatic heterocycles. The van der Waals surface area contributed by atoms with Crippen LogP contribution in [-0.2, 0) is 32.6 Å². The van der Waals surface area contributed by atoms with E-state index in [9.17, 15) is 18.0 Å². The van der Waals surface area contributed by atoms with Gasteiger partial charge in [0, 0.05) is 19.0 Å². The number of amides is 2. The van der Waals surface area contributed by atoms with E-state index in [4.69, 9.17) is 23.2 Å². The van der Waals surface area contributed by atoms with Crippen molar-refractivity contribution in [2.24, 2.45) is 0 Å². The SMILES string of the molecule is Cc1ccc(CN(C(=O)CN(c2ccc(Cl)c(Cl)c2)S(C)(=O)=O)[C@H](Cc2ccccc2)C(=O)NC2CCCCC2)cc1. The molecule has 42 heavy (non-hydrogen) atoms. The third-order valence-corrected chi connectivity index (χ3v) is 9.45. The van der Waals surface area contributed by atoms with Gasteiger partial charge in [-0.25, -0.2) is 8.42 Å². The predicted molar refractivity (Wildman–Crippen MR) is 169 cm³/mol. The number of hydrogen-bond donors (Lipinski definition) is 1. The van der Waals surface area contributed by atoms with Crippen LogP contribution in [-0.4, -0.2) is 50.0 Å². The highest BCUT2D eigenvalue weighted by Gasteiger charge is 2.34. The lowest BCUT2D eigenvalue weighted by Gasteiger charge is -2.35. The molecule has 7 nitrogen and oxygen atoms in total. The Bertz CT molecular complexity index is 1480. The average Bonchev–Trinajstić information content (AvgIpc) is 2.96. The Kier molecular flexibility index (Phi) is 10.9. The number of carbonyl (C=O) groups excluding carboxylic acids is 2. The van der Waals surface area contributed by atoms with Crippen molar-refractivity contribution in [1.82, 2.24) is 10.2 Å². The molecule has 1 N–H and O–H groups in total. The normalized spacial score (nSPS) is 14.7. The Balaban J connectivity index is 1.72. The number of benzene rings is 3. The van der Waals surface area contributed by atoms with Crippen LogP contribution in [0.25, 0.3) is 0 Å². The van der Waals surface area contributed by atoms with Crippen molar-refractivity contribution < 1.29 is 18.0 Å². The van der Waals surface area contributed by atoms with E-state index in [0.29, 0.717) is 0 Å². The summed E-state index contributed by atoms with van der Waals surface area (Å²) < 4.78 is 26.9. The quantitative estimate of drug-likeness (QED) is 0.275. The number of carbonyl (C=O) groups is 2. The molecule has 224 valence electrons. The van der Waals surface area contributed by atoms with Gasteiger partial charge in [0.25, 0.3) is 0 Å². The first-order chi connectivity index (χ1) is 20.0. The van der Waals surface area contributed by atoms with Crippen LogP contribution >= 0.6 is 23.2 Å². The van der Waals surface area contributed by atoms with Gasteiger partial charge in [-0.15, -0.1) is 0 Å². The van der Waals surface area contributed by atoms with Crippen molar-refractivity contribution in [3.8, 4) is 0 Å². The fraction of sp³-hybridized carbons (Fsp3) is 0.375. The number of hydrogen-bond acceptors (Lipinski definition) is 4. The molecule has 1 aliphatic carbocycles. The first-order valence-electron chi connectivity index (χ1n) is 14.1. The third-order valence-electron chi connectivity index (χ3n) is 7.57. The maximum absolute atomic E-state index is 14.2. The number of anilines is 1. The largest absolute Gasteiger partial charge is 0.352 e.